The van der Waals surface area contributed by atoms with E-state index in [0.29, 0.717) is 0 Å². The minimum atomic E-state index is -1.04. The number of carbonyl (C=O) groups excluding carboxylic acids is 2. The molecule has 0 radical (unpaired) electrons. The summed E-state index contributed by atoms with van der Waals surface area (Å²) in [4.78, 5) is 20.6. The van der Waals surface area contributed by atoms with E-state index in [2.05, 4.69) is 9.44 Å². The van der Waals surface area contributed by atoms with Gasteiger partial charge in [0.15, 0.2) is 21.0 Å². The number of rotatable bonds is 6. The second-order valence-corrected chi connectivity index (χ2v) is 10.7. The van der Waals surface area contributed by atoms with Crippen molar-refractivity contribution >= 4 is 55.7 Å². The fraction of sp³-hybridized carbons (Fsp3) is 0.500. The van der Waals surface area contributed by atoms with E-state index in [0.717, 1.165) is 10.8 Å². The van der Waals surface area contributed by atoms with E-state index in [9.17, 15) is 19.8 Å². The van der Waals surface area contributed by atoms with E-state index in [1.54, 1.807) is 36.4 Å². The Morgan fingerprint density at radius 1 is 1.14 bits per heavy atom. The summed E-state index contributed by atoms with van der Waals surface area (Å²) in [6.07, 6.45) is 2.03. The Morgan fingerprint density at radius 2 is 1.77 bits per heavy atom. The quantitative estimate of drug-likeness (QED) is 0.438. The van der Waals surface area contributed by atoms with Crippen molar-refractivity contribution in [2.75, 3.05) is 10.8 Å². The summed E-state index contributed by atoms with van der Waals surface area (Å²) in [6, 6.07) is -1.10. The van der Waals surface area contributed by atoms with Crippen molar-refractivity contribution in [3.05, 3.63) is 22.3 Å². The van der Waals surface area contributed by atoms with Gasteiger partial charge in [0.2, 0.25) is 0 Å². The van der Waals surface area contributed by atoms with E-state index in [1.807, 2.05) is 22.3 Å². The van der Waals surface area contributed by atoms with Crippen molar-refractivity contribution in [3.63, 3.8) is 0 Å². The topological polar surface area (TPSA) is 104 Å². The summed E-state index contributed by atoms with van der Waals surface area (Å²) in [5.74, 6) is -1.16. The molecule has 2 unspecified atom stereocenters. The number of carboxylic acid groups (broad SMARTS) is 2. The number of carbonyl (C=O) groups is 2. The smallest absolute Gasteiger partial charge is 0.181 e. The fourth-order valence-corrected chi connectivity index (χ4v) is 7.30. The Labute approximate surface area is 143 Å². The SMILES string of the molecule is C[C@H](N[S+]1C=CSC1)C(=O)[O-].C[C@H](N[S+]1CC=CS1)C(=O)[O-]. The third kappa shape index (κ3) is 7.84. The molecule has 2 heterocycles. The van der Waals surface area contributed by atoms with Crippen molar-refractivity contribution < 1.29 is 19.8 Å². The van der Waals surface area contributed by atoms with Crippen LogP contribution in [0.15, 0.2) is 22.3 Å². The molecule has 0 aromatic heterocycles. The van der Waals surface area contributed by atoms with Crippen LogP contribution >= 0.6 is 22.6 Å². The van der Waals surface area contributed by atoms with Crippen LogP contribution in [-0.2, 0) is 30.8 Å². The molecule has 0 spiro atoms. The molecule has 2 rings (SSSR count). The molecule has 0 saturated heterocycles. The summed E-state index contributed by atoms with van der Waals surface area (Å²) >= 11 is 1.63. The van der Waals surface area contributed by atoms with Gasteiger partial charge in [-0.15, -0.1) is 9.44 Å². The summed E-state index contributed by atoms with van der Waals surface area (Å²) in [5, 5.41) is 27.5. The minimum absolute atomic E-state index is 0.0432. The zero-order valence-corrected chi connectivity index (χ0v) is 15.4. The van der Waals surface area contributed by atoms with E-state index in [1.165, 1.54) is 0 Å². The number of hydrogen-bond donors (Lipinski definition) is 2. The van der Waals surface area contributed by atoms with Gasteiger partial charge in [0.1, 0.15) is 27.3 Å². The number of thioether (sulfide) groups is 1. The highest BCUT2D eigenvalue weighted by molar-refractivity contribution is 8.75. The molecule has 0 aliphatic carbocycles. The lowest BCUT2D eigenvalue weighted by molar-refractivity contribution is -0.308. The molecule has 6 nitrogen and oxygen atoms in total. The molecule has 0 amide bonds. The van der Waals surface area contributed by atoms with Crippen LogP contribution in [0.3, 0.4) is 0 Å². The maximum atomic E-state index is 10.3. The van der Waals surface area contributed by atoms with Gasteiger partial charge >= 0.3 is 0 Å². The highest BCUT2D eigenvalue weighted by Gasteiger charge is 2.25. The molecule has 2 aliphatic rings. The Morgan fingerprint density at radius 3 is 2.23 bits per heavy atom. The number of aliphatic carboxylic acids is 2. The first-order valence-corrected chi connectivity index (χ1v) is 11.6. The Kier molecular flexibility index (Phi) is 9.45. The second kappa shape index (κ2) is 10.5. The molecule has 0 aromatic carbocycles. The Hall–Kier alpha value is -0.260. The van der Waals surface area contributed by atoms with Crippen molar-refractivity contribution in [3.8, 4) is 0 Å². The number of carboxylic acids is 2. The molecule has 0 saturated carbocycles. The van der Waals surface area contributed by atoms with Crippen LogP contribution < -0.4 is 19.7 Å². The second-order valence-electron chi connectivity index (χ2n) is 4.28. The largest absolute Gasteiger partial charge is 0.548 e. The van der Waals surface area contributed by atoms with E-state index in [4.69, 9.17) is 0 Å². The first-order chi connectivity index (χ1) is 10.4. The minimum Gasteiger partial charge on any atom is -0.548 e. The van der Waals surface area contributed by atoms with Crippen LogP contribution in [0.5, 0.6) is 0 Å². The monoisotopic (exact) mass is 382 g/mol. The molecule has 2 aliphatic heterocycles. The van der Waals surface area contributed by atoms with Crippen LogP contribution in [0.2, 0.25) is 0 Å². The molecule has 0 aromatic rings. The normalized spacial score (nSPS) is 25.4. The highest BCUT2D eigenvalue weighted by atomic mass is 33.1. The summed E-state index contributed by atoms with van der Waals surface area (Å²) in [6.45, 7) is 3.19. The van der Waals surface area contributed by atoms with Gasteiger partial charge in [0.05, 0.1) is 24.0 Å². The predicted octanol–water partition coefficient (Wildman–Crippen LogP) is -1.15. The summed E-state index contributed by atoms with van der Waals surface area (Å²) in [7, 11) is 1.59. The molecule has 0 bridgehead atoms. The first kappa shape index (κ1) is 19.8. The van der Waals surface area contributed by atoms with E-state index >= 15 is 0 Å². The average Bonchev–Trinajstić information content (AvgIpc) is 3.12. The molecule has 10 heteroatoms. The van der Waals surface area contributed by atoms with Gasteiger partial charge in [-0.25, -0.2) is 0 Å². The third-order valence-electron chi connectivity index (χ3n) is 2.37. The highest BCUT2D eigenvalue weighted by Crippen LogP contribution is 2.22. The van der Waals surface area contributed by atoms with Crippen LogP contribution in [-0.4, -0.2) is 34.9 Å². The molecule has 124 valence electrons. The summed E-state index contributed by atoms with van der Waals surface area (Å²) < 4.78 is 5.88. The molecule has 4 atom stereocenters. The van der Waals surface area contributed by atoms with Crippen molar-refractivity contribution in [1.29, 1.82) is 0 Å². The van der Waals surface area contributed by atoms with Crippen molar-refractivity contribution in [2.24, 2.45) is 0 Å². The maximum Gasteiger partial charge on any atom is 0.181 e. The van der Waals surface area contributed by atoms with Crippen LogP contribution in [0.25, 0.3) is 0 Å². The van der Waals surface area contributed by atoms with Gasteiger partial charge < -0.3 is 19.8 Å². The van der Waals surface area contributed by atoms with Crippen LogP contribution in [0.1, 0.15) is 13.8 Å². The molecule has 2 N–H and O–H groups in total. The zero-order chi connectivity index (χ0) is 16.5. The average molecular weight is 383 g/mol. The van der Waals surface area contributed by atoms with Gasteiger partial charge in [-0.1, -0.05) is 11.8 Å². The number of hydrogen-bond acceptors (Lipinski definition) is 8. The first-order valence-electron chi connectivity index (χ1n) is 6.35. The fourth-order valence-electron chi connectivity index (χ4n) is 1.20. The maximum absolute atomic E-state index is 10.3. The standard InChI is InChI=1S/2C6H9NO2S2/c1-5(6(8)9)7-11-3-2-10-4-11;1-5(6(8)9)7-11-4-2-3-10-11/h2*2-3,5,7H,4H2,1H3/t2*5-,11?/m00/s1. The van der Waals surface area contributed by atoms with Gasteiger partial charge in [0, 0.05) is 10.8 Å². The molecular formula is C12H18N2O4S4. The molecule has 22 heavy (non-hydrogen) atoms. The van der Waals surface area contributed by atoms with Gasteiger partial charge in [0.25, 0.3) is 0 Å². The van der Waals surface area contributed by atoms with Gasteiger partial charge in [-0.3, -0.25) is 0 Å². The van der Waals surface area contributed by atoms with Gasteiger partial charge in [-0.2, -0.15) is 0 Å². The lowest BCUT2D eigenvalue weighted by Crippen LogP contribution is -2.45. The van der Waals surface area contributed by atoms with E-state index in [-0.39, 0.29) is 21.2 Å². The van der Waals surface area contributed by atoms with E-state index < -0.39 is 24.0 Å². The van der Waals surface area contributed by atoms with Crippen molar-refractivity contribution in [2.45, 2.75) is 25.9 Å². The Bertz CT molecular complexity index is 439. The molecule has 0 fully saturated rings. The third-order valence-corrected chi connectivity index (χ3v) is 8.93. The predicted molar refractivity (Wildman–Crippen MR) is 93.1 cm³/mol. The van der Waals surface area contributed by atoms with Crippen LogP contribution in [0, 0.1) is 0 Å². The lowest BCUT2D eigenvalue weighted by Gasteiger charge is -2.10. The van der Waals surface area contributed by atoms with Gasteiger partial charge in [-0.05, 0) is 19.9 Å². The van der Waals surface area contributed by atoms with Crippen molar-refractivity contribution in [1.82, 2.24) is 9.44 Å². The number of nitrogens with one attached hydrogen (secondary N) is 2. The molecular weight excluding hydrogens is 364 g/mol. The van der Waals surface area contributed by atoms with Crippen LogP contribution in [0.4, 0.5) is 0 Å². The summed E-state index contributed by atoms with van der Waals surface area (Å²) in [5.41, 5.74) is 0. The Balaban J connectivity index is 0.000000220. The zero-order valence-electron chi connectivity index (χ0n) is 12.1. The lowest BCUT2D eigenvalue weighted by atomic mass is 10.4.